The topological polar surface area (TPSA) is 83.6 Å². The van der Waals surface area contributed by atoms with Gasteiger partial charge in [-0.15, -0.1) is 0 Å². The standard InChI is InChI=1S/C22H36N4O2S2/c1-17-13-21(27)14-18(2)24-7-11-30-12-8-26-20(4)16-22(28)15-19(3)25-6-10-29-9-5-23-17/h5-16H2,1-4H3. The molecule has 1 heterocycles. The Morgan fingerprint density at radius 2 is 0.733 bits per heavy atom. The highest BCUT2D eigenvalue weighted by Crippen LogP contribution is 2.04. The molecule has 168 valence electrons. The van der Waals surface area contributed by atoms with Crippen LogP contribution < -0.4 is 0 Å². The molecule has 0 spiro atoms. The van der Waals surface area contributed by atoms with Gasteiger partial charge in [-0.3, -0.25) is 29.6 Å². The number of nitrogens with zero attached hydrogens (tertiary/aromatic N) is 4. The van der Waals surface area contributed by atoms with Gasteiger partial charge in [0, 0.05) is 97.7 Å². The van der Waals surface area contributed by atoms with Crippen molar-refractivity contribution in [2.24, 2.45) is 20.0 Å². The maximum absolute atomic E-state index is 12.2. The molecule has 0 aromatic carbocycles. The Hall–Kier alpha value is -1.28. The van der Waals surface area contributed by atoms with Crippen LogP contribution in [-0.4, -0.2) is 83.6 Å². The molecule has 0 amide bonds. The predicted molar refractivity (Wildman–Crippen MR) is 135 cm³/mol. The van der Waals surface area contributed by atoms with E-state index < -0.39 is 0 Å². The molecule has 1 rings (SSSR count). The molecule has 0 aromatic rings. The third kappa shape index (κ3) is 14.7. The molecule has 0 aromatic heterocycles. The highest BCUT2D eigenvalue weighted by atomic mass is 32.2. The molecule has 0 fully saturated rings. The first-order valence-electron chi connectivity index (χ1n) is 10.6. The molecule has 0 saturated heterocycles. The van der Waals surface area contributed by atoms with Crippen molar-refractivity contribution in [3.05, 3.63) is 0 Å². The van der Waals surface area contributed by atoms with Gasteiger partial charge in [0.2, 0.25) is 0 Å². The highest BCUT2D eigenvalue weighted by Gasteiger charge is 2.07. The minimum absolute atomic E-state index is 0.177. The number of aliphatic imine (C=N–C) groups is 4. The summed E-state index contributed by atoms with van der Waals surface area (Å²) in [5, 5.41) is 0. The van der Waals surface area contributed by atoms with Crippen LogP contribution in [0.2, 0.25) is 0 Å². The van der Waals surface area contributed by atoms with Crippen LogP contribution in [0.1, 0.15) is 53.4 Å². The summed E-state index contributed by atoms with van der Waals surface area (Å²) in [6, 6.07) is 0. The van der Waals surface area contributed by atoms with E-state index in [-0.39, 0.29) is 11.6 Å². The van der Waals surface area contributed by atoms with Gasteiger partial charge in [-0.1, -0.05) is 0 Å². The normalized spacial score (nSPS) is 21.1. The lowest BCUT2D eigenvalue weighted by molar-refractivity contribution is -0.117. The summed E-state index contributed by atoms with van der Waals surface area (Å²) in [6.45, 7) is 10.5. The second kappa shape index (κ2) is 16.4. The van der Waals surface area contributed by atoms with Crippen molar-refractivity contribution < 1.29 is 9.59 Å². The zero-order valence-corrected chi connectivity index (χ0v) is 20.5. The zero-order chi connectivity index (χ0) is 22.2. The van der Waals surface area contributed by atoms with Gasteiger partial charge < -0.3 is 0 Å². The lowest BCUT2D eigenvalue weighted by atomic mass is 10.1. The van der Waals surface area contributed by atoms with E-state index in [2.05, 4.69) is 20.0 Å². The molecule has 6 nitrogen and oxygen atoms in total. The Morgan fingerprint density at radius 3 is 0.967 bits per heavy atom. The van der Waals surface area contributed by atoms with E-state index in [1.54, 1.807) is 23.5 Å². The fourth-order valence-electron chi connectivity index (χ4n) is 2.90. The van der Waals surface area contributed by atoms with Crippen LogP contribution in [0.4, 0.5) is 0 Å². The molecule has 0 aliphatic carbocycles. The molecule has 30 heavy (non-hydrogen) atoms. The van der Waals surface area contributed by atoms with Crippen LogP contribution in [0, 0.1) is 0 Å². The van der Waals surface area contributed by atoms with E-state index in [0.29, 0.717) is 51.9 Å². The maximum atomic E-state index is 12.2. The number of rotatable bonds is 0. The van der Waals surface area contributed by atoms with Crippen LogP contribution in [0.25, 0.3) is 0 Å². The molecule has 0 unspecified atom stereocenters. The zero-order valence-electron chi connectivity index (χ0n) is 18.9. The molecule has 0 atom stereocenters. The van der Waals surface area contributed by atoms with Gasteiger partial charge in [-0.2, -0.15) is 23.5 Å². The summed E-state index contributed by atoms with van der Waals surface area (Å²) in [7, 11) is 0. The van der Waals surface area contributed by atoms with Gasteiger partial charge >= 0.3 is 0 Å². The van der Waals surface area contributed by atoms with Crippen LogP contribution in [0.5, 0.6) is 0 Å². The van der Waals surface area contributed by atoms with E-state index in [1.807, 2.05) is 27.7 Å². The third-order valence-electron chi connectivity index (χ3n) is 4.28. The smallest absolute Gasteiger partial charge is 0.144 e. The SMILES string of the molecule is CC1=NCCSCCN=C(C)CC(=O)CC(C)=NCCSCCN=C(C)CC(=O)C1. The first-order chi connectivity index (χ1) is 14.4. The summed E-state index contributed by atoms with van der Waals surface area (Å²) >= 11 is 3.59. The van der Waals surface area contributed by atoms with Gasteiger partial charge in [-0.05, 0) is 27.7 Å². The number of carbonyl (C=O) groups is 2. The molecule has 8 heteroatoms. The predicted octanol–water partition coefficient (Wildman–Crippen LogP) is 4.01. The van der Waals surface area contributed by atoms with Crippen molar-refractivity contribution in [1.82, 2.24) is 0 Å². The Morgan fingerprint density at radius 1 is 0.500 bits per heavy atom. The minimum Gasteiger partial charge on any atom is -0.299 e. The molecular weight excluding hydrogens is 416 g/mol. The molecule has 0 saturated carbocycles. The van der Waals surface area contributed by atoms with Crippen LogP contribution in [0.15, 0.2) is 20.0 Å². The van der Waals surface area contributed by atoms with Crippen molar-refractivity contribution in [3.8, 4) is 0 Å². The molecule has 0 radical (unpaired) electrons. The lowest BCUT2D eigenvalue weighted by Crippen LogP contribution is -2.11. The first kappa shape index (κ1) is 26.8. The van der Waals surface area contributed by atoms with Crippen LogP contribution in [0.3, 0.4) is 0 Å². The van der Waals surface area contributed by atoms with Crippen molar-refractivity contribution in [1.29, 1.82) is 0 Å². The lowest BCUT2D eigenvalue weighted by Gasteiger charge is -2.04. The number of hydrogen-bond acceptors (Lipinski definition) is 8. The maximum Gasteiger partial charge on any atom is 0.144 e. The molecule has 1 aliphatic heterocycles. The Labute approximate surface area is 190 Å². The summed E-state index contributed by atoms with van der Waals surface area (Å²) in [6.07, 6.45) is 1.62. The van der Waals surface area contributed by atoms with E-state index in [4.69, 9.17) is 0 Å². The monoisotopic (exact) mass is 452 g/mol. The van der Waals surface area contributed by atoms with Gasteiger partial charge in [0.05, 0.1) is 0 Å². The molecule has 0 N–H and O–H groups in total. The second-order valence-corrected chi connectivity index (χ2v) is 9.93. The van der Waals surface area contributed by atoms with E-state index in [0.717, 1.165) is 45.9 Å². The number of thioether (sulfide) groups is 2. The fraction of sp³-hybridized carbons (Fsp3) is 0.727. The van der Waals surface area contributed by atoms with Crippen molar-refractivity contribution in [2.75, 3.05) is 49.2 Å². The second-order valence-electron chi connectivity index (χ2n) is 7.48. The quantitative estimate of drug-likeness (QED) is 0.556. The van der Waals surface area contributed by atoms with Gasteiger partial charge in [0.1, 0.15) is 11.6 Å². The Balaban J connectivity index is 2.61. The van der Waals surface area contributed by atoms with Crippen molar-refractivity contribution in [3.63, 3.8) is 0 Å². The van der Waals surface area contributed by atoms with Crippen molar-refractivity contribution in [2.45, 2.75) is 53.4 Å². The summed E-state index contributed by atoms with van der Waals surface area (Å²) < 4.78 is 0. The summed E-state index contributed by atoms with van der Waals surface area (Å²) in [4.78, 5) is 42.4. The number of Topliss-reactive ketones (excluding diaryl/α,β-unsaturated/α-hetero) is 2. The van der Waals surface area contributed by atoms with Crippen molar-refractivity contribution >= 4 is 57.9 Å². The number of ketones is 2. The highest BCUT2D eigenvalue weighted by molar-refractivity contribution is 7.99. The summed E-state index contributed by atoms with van der Waals surface area (Å²) in [5.74, 6) is 3.99. The van der Waals surface area contributed by atoms with Crippen LogP contribution >= 0.6 is 23.5 Å². The first-order valence-corrected chi connectivity index (χ1v) is 12.9. The van der Waals surface area contributed by atoms with E-state index in [1.165, 1.54) is 0 Å². The average molecular weight is 453 g/mol. The molecule has 0 bridgehead atoms. The molecular formula is C22H36N4O2S2. The third-order valence-corrected chi connectivity index (χ3v) is 6.17. The van der Waals surface area contributed by atoms with Gasteiger partial charge in [0.15, 0.2) is 0 Å². The van der Waals surface area contributed by atoms with E-state index in [9.17, 15) is 9.59 Å². The largest absolute Gasteiger partial charge is 0.299 e. The number of hydrogen-bond donors (Lipinski definition) is 0. The van der Waals surface area contributed by atoms with Gasteiger partial charge in [0.25, 0.3) is 0 Å². The number of carbonyl (C=O) groups excluding carboxylic acids is 2. The van der Waals surface area contributed by atoms with Crippen LogP contribution in [-0.2, 0) is 9.59 Å². The molecule has 1 aliphatic rings. The minimum atomic E-state index is 0.177. The van der Waals surface area contributed by atoms with E-state index >= 15 is 0 Å². The fourth-order valence-corrected chi connectivity index (χ4v) is 4.19. The summed E-state index contributed by atoms with van der Waals surface area (Å²) in [5.41, 5.74) is 3.56. The van der Waals surface area contributed by atoms with Gasteiger partial charge in [-0.25, -0.2) is 0 Å². The Bertz CT molecular complexity index is 575. The average Bonchev–Trinajstić information content (AvgIpc) is 2.65. The Kier molecular flexibility index (Phi) is 14.6.